The van der Waals surface area contributed by atoms with Crippen molar-refractivity contribution in [2.45, 2.75) is 6.54 Å². The second-order valence-corrected chi connectivity index (χ2v) is 2.77. The molecule has 0 atom stereocenters. The molecule has 1 aromatic carbocycles. The zero-order valence-electron chi connectivity index (χ0n) is 7.87. The van der Waals surface area contributed by atoms with Crippen LogP contribution < -0.4 is 11.1 Å². The minimum atomic E-state index is -0.204. The Kier molecular flexibility index (Phi) is 3.21. The lowest BCUT2D eigenvalue weighted by Gasteiger charge is -2.03. The first kappa shape index (κ1) is 10.2. The van der Waals surface area contributed by atoms with Crippen LogP contribution in [-0.2, 0) is 6.54 Å². The van der Waals surface area contributed by atoms with E-state index in [-0.39, 0.29) is 5.91 Å². The number of carbonyl (C=O) groups is 1. The van der Waals surface area contributed by atoms with Gasteiger partial charge in [0, 0.05) is 19.2 Å². The number of nitrogens with two attached hydrogens (primary N) is 1. The van der Waals surface area contributed by atoms with Gasteiger partial charge in [0.25, 0.3) is 5.91 Å². The maximum absolute atomic E-state index is 11.2. The summed E-state index contributed by atoms with van der Waals surface area (Å²) in [5, 5.41) is 11.3. The molecule has 4 heteroatoms. The number of nitriles is 1. The normalized spacial score (nSPS) is 9.21. The quantitative estimate of drug-likeness (QED) is 0.705. The number of hydrogen-bond donors (Lipinski definition) is 2. The van der Waals surface area contributed by atoms with Crippen molar-refractivity contribution in [1.29, 1.82) is 5.26 Å². The molecule has 72 valence electrons. The second-order valence-electron chi connectivity index (χ2n) is 2.77. The van der Waals surface area contributed by atoms with E-state index in [1.54, 1.807) is 25.2 Å². The standard InChI is InChI=1S/C10H11N3O/c1-13-10(14)7-2-3-8(5-11)9(4-7)6-12/h2-4H,5,11H2,1H3,(H,13,14). The molecule has 0 heterocycles. The van der Waals surface area contributed by atoms with Gasteiger partial charge in [-0.25, -0.2) is 0 Å². The van der Waals surface area contributed by atoms with E-state index >= 15 is 0 Å². The number of rotatable bonds is 2. The van der Waals surface area contributed by atoms with Crippen molar-refractivity contribution in [1.82, 2.24) is 5.32 Å². The summed E-state index contributed by atoms with van der Waals surface area (Å²) >= 11 is 0. The lowest BCUT2D eigenvalue weighted by Crippen LogP contribution is -2.18. The summed E-state index contributed by atoms with van der Waals surface area (Å²) in [5.41, 5.74) is 7.11. The molecule has 0 saturated heterocycles. The molecule has 1 rings (SSSR count). The Morgan fingerprint density at radius 2 is 2.36 bits per heavy atom. The second kappa shape index (κ2) is 4.40. The molecule has 4 nitrogen and oxygen atoms in total. The van der Waals surface area contributed by atoms with Gasteiger partial charge in [0.1, 0.15) is 0 Å². The summed E-state index contributed by atoms with van der Waals surface area (Å²) in [5.74, 6) is -0.204. The fourth-order valence-electron chi connectivity index (χ4n) is 1.14. The fourth-order valence-corrected chi connectivity index (χ4v) is 1.14. The number of benzene rings is 1. The maximum Gasteiger partial charge on any atom is 0.251 e. The summed E-state index contributed by atoms with van der Waals surface area (Å²) < 4.78 is 0. The van der Waals surface area contributed by atoms with Gasteiger partial charge >= 0.3 is 0 Å². The first-order valence-electron chi connectivity index (χ1n) is 4.18. The third kappa shape index (κ3) is 1.90. The molecule has 0 aliphatic rings. The van der Waals surface area contributed by atoms with Crippen molar-refractivity contribution >= 4 is 5.91 Å². The van der Waals surface area contributed by atoms with E-state index in [4.69, 9.17) is 11.0 Å². The van der Waals surface area contributed by atoms with Crippen molar-refractivity contribution in [3.05, 3.63) is 34.9 Å². The van der Waals surface area contributed by atoms with E-state index in [0.29, 0.717) is 17.7 Å². The first-order chi connectivity index (χ1) is 6.72. The van der Waals surface area contributed by atoms with Crippen LogP contribution in [0.3, 0.4) is 0 Å². The SMILES string of the molecule is CNC(=O)c1ccc(CN)c(C#N)c1. The molecule has 0 bridgehead atoms. The maximum atomic E-state index is 11.2. The molecule has 1 amide bonds. The molecule has 0 aromatic heterocycles. The highest BCUT2D eigenvalue weighted by Gasteiger charge is 2.06. The number of nitrogens with zero attached hydrogens (tertiary/aromatic N) is 1. The number of hydrogen-bond acceptors (Lipinski definition) is 3. The van der Waals surface area contributed by atoms with E-state index in [0.717, 1.165) is 5.56 Å². The van der Waals surface area contributed by atoms with Crippen molar-refractivity contribution < 1.29 is 4.79 Å². The van der Waals surface area contributed by atoms with Gasteiger partial charge in [0.2, 0.25) is 0 Å². The highest BCUT2D eigenvalue weighted by Crippen LogP contribution is 2.10. The van der Waals surface area contributed by atoms with Gasteiger partial charge in [-0.1, -0.05) is 6.07 Å². The summed E-state index contributed by atoms with van der Waals surface area (Å²) in [6, 6.07) is 6.90. The van der Waals surface area contributed by atoms with Crippen LogP contribution in [0.2, 0.25) is 0 Å². The molecular weight excluding hydrogens is 178 g/mol. The van der Waals surface area contributed by atoms with Gasteiger partial charge in [-0.2, -0.15) is 5.26 Å². The zero-order valence-corrected chi connectivity index (χ0v) is 7.87. The van der Waals surface area contributed by atoms with E-state index < -0.39 is 0 Å². The van der Waals surface area contributed by atoms with Gasteiger partial charge < -0.3 is 11.1 Å². The molecule has 3 N–H and O–H groups in total. The largest absolute Gasteiger partial charge is 0.355 e. The highest BCUT2D eigenvalue weighted by atomic mass is 16.1. The molecule has 0 radical (unpaired) electrons. The monoisotopic (exact) mass is 189 g/mol. The Bertz CT molecular complexity index is 393. The Hall–Kier alpha value is -1.86. The number of nitrogens with one attached hydrogen (secondary N) is 1. The lowest BCUT2D eigenvalue weighted by molar-refractivity contribution is 0.0963. The third-order valence-electron chi connectivity index (χ3n) is 1.94. The van der Waals surface area contributed by atoms with Crippen LogP contribution in [0.1, 0.15) is 21.5 Å². The lowest BCUT2D eigenvalue weighted by atomic mass is 10.0. The molecule has 0 saturated carbocycles. The van der Waals surface area contributed by atoms with Gasteiger partial charge in [0.15, 0.2) is 0 Å². The number of amides is 1. The van der Waals surface area contributed by atoms with Crippen LogP contribution in [0.5, 0.6) is 0 Å². The van der Waals surface area contributed by atoms with E-state index in [1.807, 2.05) is 6.07 Å². The summed E-state index contributed by atoms with van der Waals surface area (Å²) in [7, 11) is 1.55. The van der Waals surface area contributed by atoms with Gasteiger partial charge in [0.05, 0.1) is 11.6 Å². The predicted octanol–water partition coefficient (Wildman–Crippen LogP) is 0.377. The average Bonchev–Trinajstić information content (AvgIpc) is 2.26. The Labute approximate surface area is 82.3 Å². The summed E-state index contributed by atoms with van der Waals surface area (Å²) in [6.07, 6.45) is 0. The van der Waals surface area contributed by atoms with Crippen LogP contribution >= 0.6 is 0 Å². The fraction of sp³-hybridized carbons (Fsp3) is 0.200. The van der Waals surface area contributed by atoms with E-state index in [1.165, 1.54) is 0 Å². The molecule has 0 aliphatic carbocycles. The van der Waals surface area contributed by atoms with Crippen molar-refractivity contribution in [2.24, 2.45) is 5.73 Å². The highest BCUT2D eigenvalue weighted by molar-refractivity contribution is 5.94. The molecule has 1 aromatic rings. The Morgan fingerprint density at radius 3 is 2.86 bits per heavy atom. The molecule has 0 aliphatic heterocycles. The van der Waals surface area contributed by atoms with Crippen LogP contribution in [0, 0.1) is 11.3 Å². The van der Waals surface area contributed by atoms with Crippen LogP contribution in [0.25, 0.3) is 0 Å². The summed E-state index contributed by atoms with van der Waals surface area (Å²) in [6.45, 7) is 0.302. The smallest absolute Gasteiger partial charge is 0.251 e. The molecular formula is C10H11N3O. The first-order valence-corrected chi connectivity index (χ1v) is 4.18. The van der Waals surface area contributed by atoms with Gasteiger partial charge in [-0.15, -0.1) is 0 Å². The van der Waals surface area contributed by atoms with E-state index in [2.05, 4.69) is 5.32 Å². The van der Waals surface area contributed by atoms with Crippen molar-refractivity contribution in [3.8, 4) is 6.07 Å². The van der Waals surface area contributed by atoms with E-state index in [9.17, 15) is 4.79 Å². The van der Waals surface area contributed by atoms with Crippen molar-refractivity contribution in [3.63, 3.8) is 0 Å². The average molecular weight is 189 g/mol. The third-order valence-corrected chi connectivity index (χ3v) is 1.94. The molecule has 0 unspecified atom stereocenters. The predicted molar refractivity (Wildman–Crippen MR) is 52.4 cm³/mol. The Balaban J connectivity index is 3.15. The van der Waals surface area contributed by atoms with Crippen LogP contribution in [-0.4, -0.2) is 13.0 Å². The van der Waals surface area contributed by atoms with Gasteiger partial charge in [-0.05, 0) is 17.7 Å². The Morgan fingerprint density at radius 1 is 1.64 bits per heavy atom. The topological polar surface area (TPSA) is 78.9 Å². The minimum absolute atomic E-state index is 0.204. The molecule has 14 heavy (non-hydrogen) atoms. The minimum Gasteiger partial charge on any atom is -0.355 e. The van der Waals surface area contributed by atoms with Gasteiger partial charge in [-0.3, -0.25) is 4.79 Å². The molecule has 0 spiro atoms. The van der Waals surface area contributed by atoms with Crippen molar-refractivity contribution in [2.75, 3.05) is 7.05 Å². The van der Waals surface area contributed by atoms with Crippen LogP contribution in [0.4, 0.5) is 0 Å². The molecule has 0 fully saturated rings. The zero-order chi connectivity index (χ0) is 10.6. The number of carbonyl (C=O) groups excluding carboxylic acids is 1. The van der Waals surface area contributed by atoms with Crippen LogP contribution in [0.15, 0.2) is 18.2 Å². The summed E-state index contributed by atoms with van der Waals surface area (Å²) in [4.78, 5) is 11.2.